The van der Waals surface area contributed by atoms with Crippen molar-refractivity contribution >= 4 is 10.9 Å². The second-order valence-corrected chi connectivity index (χ2v) is 4.95. The second-order valence-electron chi connectivity index (χ2n) is 4.95. The Kier molecular flexibility index (Phi) is 3.03. The summed E-state index contributed by atoms with van der Waals surface area (Å²) in [5.41, 5.74) is 0.272. The molecule has 0 unspecified atom stereocenters. The normalized spacial score (nSPS) is 11.9. The van der Waals surface area contributed by atoms with Gasteiger partial charge >= 0.3 is 0 Å². The minimum absolute atomic E-state index is 0.0418. The average molecular weight is 231 g/mol. The van der Waals surface area contributed by atoms with Crippen molar-refractivity contribution in [2.75, 3.05) is 0 Å². The van der Waals surface area contributed by atoms with E-state index < -0.39 is 5.60 Å². The highest BCUT2D eigenvalue weighted by atomic mass is 16.3. The summed E-state index contributed by atoms with van der Waals surface area (Å²) < 4.78 is 2.01. The van der Waals surface area contributed by atoms with E-state index in [-0.39, 0.29) is 5.43 Å². The van der Waals surface area contributed by atoms with Crippen molar-refractivity contribution in [2.45, 2.75) is 32.4 Å². The molecule has 1 N–H and O–H groups in total. The maximum atomic E-state index is 11.7. The zero-order chi connectivity index (χ0) is 12.5. The van der Waals surface area contributed by atoms with E-state index in [4.69, 9.17) is 0 Å². The molecule has 0 amide bonds. The Hall–Kier alpha value is -1.61. The first-order valence-electron chi connectivity index (χ1n) is 5.78. The van der Waals surface area contributed by atoms with Crippen molar-refractivity contribution in [3.8, 4) is 0 Å². The van der Waals surface area contributed by atoms with Crippen LogP contribution in [0.1, 0.15) is 20.3 Å². The van der Waals surface area contributed by atoms with Gasteiger partial charge in [-0.3, -0.25) is 4.79 Å². The molecule has 0 saturated heterocycles. The van der Waals surface area contributed by atoms with Gasteiger partial charge in [-0.15, -0.1) is 0 Å². The maximum Gasteiger partial charge on any atom is 0.189 e. The van der Waals surface area contributed by atoms with Crippen LogP contribution in [0, 0.1) is 0 Å². The zero-order valence-electron chi connectivity index (χ0n) is 10.2. The Bertz CT molecular complexity index is 579. The summed E-state index contributed by atoms with van der Waals surface area (Å²) >= 11 is 0. The van der Waals surface area contributed by atoms with Crippen LogP contribution in [-0.4, -0.2) is 15.3 Å². The quantitative estimate of drug-likeness (QED) is 0.879. The number of aliphatic hydroxyl groups is 1. The van der Waals surface area contributed by atoms with E-state index in [1.807, 2.05) is 28.8 Å². The number of rotatable bonds is 3. The van der Waals surface area contributed by atoms with Gasteiger partial charge in [-0.25, -0.2) is 0 Å². The van der Waals surface area contributed by atoms with E-state index in [0.717, 1.165) is 10.9 Å². The number of pyridine rings is 1. The van der Waals surface area contributed by atoms with Gasteiger partial charge in [0.1, 0.15) is 0 Å². The Balaban J connectivity index is 2.42. The van der Waals surface area contributed by atoms with Crippen molar-refractivity contribution in [2.24, 2.45) is 0 Å². The molecule has 0 saturated carbocycles. The van der Waals surface area contributed by atoms with Gasteiger partial charge in [0.2, 0.25) is 0 Å². The van der Waals surface area contributed by atoms with Crippen LogP contribution in [0.15, 0.2) is 41.3 Å². The highest BCUT2D eigenvalue weighted by Crippen LogP contribution is 2.13. The second kappa shape index (κ2) is 4.34. The third-order valence-electron chi connectivity index (χ3n) is 2.85. The molecule has 17 heavy (non-hydrogen) atoms. The van der Waals surface area contributed by atoms with E-state index in [0.29, 0.717) is 13.0 Å². The topological polar surface area (TPSA) is 42.2 Å². The molecule has 0 radical (unpaired) electrons. The lowest BCUT2D eigenvalue weighted by Gasteiger charge is -2.19. The van der Waals surface area contributed by atoms with Crippen molar-refractivity contribution in [1.82, 2.24) is 4.57 Å². The van der Waals surface area contributed by atoms with E-state index in [2.05, 4.69) is 0 Å². The lowest BCUT2D eigenvalue weighted by atomic mass is 10.1. The summed E-state index contributed by atoms with van der Waals surface area (Å²) in [6, 6.07) is 9.12. The van der Waals surface area contributed by atoms with Gasteiger partial charge < -0.3 is 9.67 Å². The van der Waals surface area contributed by atoms with Crippen molar-refractivity contribution in [3.63, 3.8) is 0 Å². The smallest absolute Gasteiger partial charge is 0.189 e. The molecular formula is C14H17NO2. The first-order valence-corrected chi connectivity index (χ1v) is 5.78. The number of para-hydroxylation sites is 1. The fourth-order valence-corrected chi connectivity index (χ4v) is 1.85. The van der Waals surface area contributed by atoms with Crippen LogP contribution in [-0.2, 0) is 6.54 Å². The number of aryl methyl sites for hydroxylation is 1. The van der Waals surface area contributed by atoms with E-state index >= 15 is 0 Å². The summed E-state index contributed by atoms with van der Waals surface area (Å²) in [7, 11) is 0. The van der Waals surface area contributed by atoms with Crippen LogP contribution in [0.2, 0.25) is 0 Å². The monoisotopic (exact) mass is 231 g/mol. The van der Waals surface area contributed by atoms with Crippen LogP contribution < -0.4 is 5.43 Å². The SMILES string of the molecule is CC(C)(O)CCn1ccc(=O)c2ccccc21. The zero-order valence-corrected chi connectivity index (χ0v) is 10.2. The van der Waals surface area contributed by atoms with Crippen LogP contribution in [0.25, 0.3) is 10.9 Å². The van der Waals surface area contributed by atoms with E-state index in [9.17, 15) is 9.90 Å². The summed E-state index contributed by atoms with van der Waals surface area (Å²) in [5.74, 6) is 0. The first kappa shape index (κ1) is 11.9. The van der Waals surface area contributed by atoms with E-state index in [1.165, 1.54) is 0 Å². The number of benzene rings is 1. The first-order chi connectivity index (χ1) is 7.97. The molecule has 1 heterocycles. The summed E-state index contributed by atoms with van der Waals surface area (Å²) in [6.45, 7) is 4.28. The van der Waals surface area contributed by atoms with Crippen LogP contribution >= 0.6 is 0 Å². The van der Waals surface area contributed by atoms with Crippen molar-refractivity contribution in [1.29, 1.82) is 0 Å². The number of hydrogen-bond acceptors (Lipinski definition) is 2. The molecule has 2 rings (SSSR count). The third kappa shape index (κ3) is 2.74. The molecule has 1 aromatic heterocycles. The number of aromatic nitrogens is 1. The molecule has 90 valence electrons. The third-order valence-corrected chi connectivity index (χ3v) is 2.85. The van der Waals surface area contributed by atoms with Crippen LogP contribution in [0.4, 0.5) is 0 Å². The van der Waals surface area contributed by atoms with Gasteiger partial charge in [0.05, 0.1) is 11.1 Å². The molecule has 0 spiro atoms. The molecule has 3 nitrogen and oxygen atoms in total. The minimum atomic E-state index is -0.690. The fourth-order valence-electron chi connectivity index (χ4n) is 1.85. The Labute approximate surface area is 100 Å². The maximum absolute atomic E-state index is 11.7. The Morgan fingerprint density at radius 2 is 1.94 bits per heavy atom. The predicted octanol–water partition coefficient (Wildman–Crippen LogP) is 2.16. The van der Waals surface area contributed by atoms with Crippen LogP contribution in [0.5, 0.6) is 0 Å². The van der Waals surface area contributed by atoms with Gasteiger partial charge in [0.25, 0.3) is 0 Å². The molecular weight excluding hydrogens is 214 g/mol. The lowest BCUT2D eigenvalue weighted by Crippen LogP contribution is -2.21. The molecule has 3 heteroatoms. The Morgan fingerprint density at radius 1 is 1.24 bits per heavy atom. The largest absolute Gasteiger partial charge is 0.390 e. The number of nitrogens with zero attached hydrogens (tertiary/aromatic N) is 1. The minimum Gasteiger partial charge on any atom is -0.390 e. The highest BCUT2D eigenvalue weighted by Gasteiger charge is 2.12. The molecule has 0 bridgehead atoms. The predicted molar refractivity (Wildman–Crippen MR) is 69.1 cm³/mol. The molecule has 2 aromatic rings. The molecule has 0 fully saturated rings. The van der Waals surface area contributed by atoms with Crippen molar-refractivity contribution < 1.29 is 5.11 Å². The lowest BCUT2D eigenvalue weighted by molar-refractivity contribution is 0.0665. The molecule has 0 aliphatic carbocycles. The molecule has 0 atom stereocenters. The fraction of sp³-hybridized carbons (Fsp3) is 0.357. The van der Waals surface area contributed by atoms with E-state index in [1.54, 1.807) is 26.1 Å². The standard InChI is InChI=1S/C14H17NO2/c1-14(2,17)8-10-15-9-7-13(16)11-5-3-4-6-12(11)15/h3-7,9,17H,8,10H2,1-2H3. The molecule has 1 aromatic carbocycles. The van der Waals surface area contributed by atoms with Crippen molar-refractivity contribution in [3.05, 3.63) is 46.8 Å². The average Bonchev–Trinajstić information content (AvgIpc) is 2.27. The highest BCUT2D eigenvalue weighted by molar-refractivity contribution is 5.78. The number of fused-ring (bicyclic) bond motifs is 1. The van der Waals surface area contributed by atoms with Gasteiger partial charge in [-0.2, -0.15) is 0 Å². The van der Waals surface area contributed by atoms with Gasteiger partial charge in [0.15, 0.2) is 5.43 Å². The number of hydrogen-bond donors (Lipinski definition) is 1. The summed E-state index contributed by atoms with van der Waals surface area (Å²) in [6.07, 6.45) is 2.44. The summed E-state index contributed by atoms with van der Waals surface area (Å²) in [5, 5.41) is 10.5. The summed E-state index contributed by atoms with van der Waals surface area (Å²) in [4.78, 5) is 11.7. The van der Waals surface area contributed by atoms with Gasteiger partial charge in [0, 0.05) is 24.2 Å². The van der Waals surface area contributed by atoms with Gasteiger partial charge in [-0.1, -0.05) is 12.1 Å². The van der Waals surface area contributed by atoms with Gasteiger partial charge in [-0.05, 0) is 32.4 Å². The van der Waals surface area contributed by atoms with Crippen LogP contribution in [0.3, 0.4) is 0 Å². The molecule has 0 aliphatic rings. The Morgan fingerprint density at radius 3 is 2.65 bits per heavy atom. The molecule has 0 aliphatic heterocycles.